The van der Waals surface area contributed by atoms with Crippen molar-refractivity contribution in [1.82, 2.24) is 4.90 Å². The Morgan fingerprint density at radius 3 is 2.30 bits per heavy atom. The Balaban J connectivity index is 2.10. The molecule has 1 aromatic heterocycles. The van der Waals surface area contributed by atoms with E-state index in [9.17, 15) is 9.59 Å². The number of carbonyl (C=O) groups excluding carboxylic acids is 2. The molecule has 2 amide bonds. The molecule has 0 aliphatic rings. The molecule has 1 heterocycles. The minimum Gasteiger partial charge on any atom is -0.457 e. The van der Waals surface area contributed by atoms with Crippen LogP contribution < -0.4 is 5.32 Å². The van der Waals surface area contributed by atoms with E-state index in [0.717, 1.165) is 0 Å². The van der Waals surface area contributed by atoms with E-state index in [1.54, 1.807) is 44.4 Å². The topological polar surface area (TPSA) is 62.6 Å². The van der Waals surface area contributed by atoms with E-state index >= 15 is 0 Å². The summed E-state index contributed by atoms with van der Waals surface area (Å²) in [4.78, 5) is 25.2. The highest BCUT2D eigenvalue weighted by molar-refractivity contribution is 9.10. The minimum absolute atomic E-state index is 0.0829. The lowest BCUT2D eigenvalue weighted by Crippen LogP contribution is -2.21. The van der Waals surface area contributed by atoms with E-state index in [4.69, 9.17) is 4.42 Å². The quantitative estimate of drug-likeness (QED) is 0.937. The lowest BCUT2D eigenvalue weighted by Gasteiger charge is -2.10. The molecule has 2 aromatic rings. The molecular weight excluding hydrogens is 324 g/mol. The van der Waals surface area contributed by atoms with Crippen LogP contribution in [-0.2, 0) is 0 Å². The minimum atomic E-state index is -0.280. The van der Waals surface area contributed by atoms with Gasteiger partial charge in [-0.25, -0.2) is 0 Å². The van der Waals surface area contributed by atoms with Crippen LogP contribution in [-0.4, -0.2) is 30.8 Å². The number of halogens is 1. The smallest absolute Gasteiger partial charge is 0.260 e. The number of nitrogens with zero attached hydrogens (tertiary/aromatic N) is 1. The van der Waals surface area contributed by atoms with Gasteiger partial charge in [0.1, 0.15) is 0 Å². The standard InChI is InChI=1S/C14H13BrN2O3/c1-17(2)14(19)9-3-5-10(6-4-9)16-13(18)11-7-8-20-12(11)15/h3-8H,1-2H3,(H,16,18). The van der Waals surface area contributed by atoms with Crippen molar-refractivity contribution in [2.75, 3.05) is 19.4 Å². The number of hydrogen-bond donors (Lipinski definition) is 1. The molecule has 1 N–H and O–H groups in total. The summed E-state index contributed by atoms with van der Waals surface area (Å²) in [5.74, 6) is -0.363. The van der Waals surface area contributed by atoms with Gasteiger partial charge in [0.05, 0.1) is 11.8 Å². The van der Waals surface area contributed by atoms with Gasteiger partial charge in [0.15, 0.2) is 4.67 Å². The first-order valence-corrected chi connectivity index (χ1v) is 6.64. The molecule has 0 atom stereocenters. The summed E-state index contributed by atoms with van der Waals surface area (Å²) in [5, 5.41) is 2.73. The normalized spacial score (nSPS) is 10.2. The Labute approximate surface area is 124 Å². The average molecular weight is 337 g/mol. The first-order chi connectivity index (χ1) is 9.49. The Morgan fingerprint density at radius 2 is 1.80 bits per heavy atom. The van der Waals surface area contributed by atoms with Crippen molar-refractivity contribution in [2.24, 2.45) is 0 Å². The summed E-state index contributed by atoms with van der Waals surface area (Å²) < 4.78 is 5.39. The van der Waals surface area contributed by atoms with Crippen LogP contribution in [0, 0.1) is 0 Å². The van der Waals surface area contributed by atoms with Crippen molar-refractivity contribution in [3.63, 3.8) is 0 Å². The highest BCUT2D eigenvalue weighted by atomic mass is 79.9. The predicted octanol–water partition coefficient (Wildman–Crippen LogP) is 3.00. The Hall–Kier alpha value is -2.08. The van der Waals surface area contributed by atoms with Crippen molar-refractivity contribution in [3.05, 3.63) is 52.4 Å². The summed E-state index contributed by atoms with van der Waals surface area (Å²) in [5.41, 5.74) is 1.59. The maximum atomic E-state index is 11.9. The molecule has 104 valence electrons. The fourth-order valence-electron chi connectivity index (χ4n) is 1.61. The molecule has 20 heavy (non-hydrogen) atoms. The number of rotatable bonds is 3. The predicted molar refractivity (Wildman–Crippen MR) is 78.8 cm³/mol. The molecule has 0 aliphatic carbocycles. The van der Waals surface area contributed by atoms with Gasteiger partial charge in [0.2, 0.25) is 0 Å². The second-order valence-corrected chi connectivity index (χ2v) is 5.06. The fraction of sp³-hybridized carbons (Fsp3) is 0.143. The van der Waals surface area contributed by atoms with Crippen LogP contribution in [0.2, 0.25) is 0 Å². The third kappa shape index (κ3) is 3.08. The zero-order chi connectivity index (χ0) is 14.7. The average Bonchev–Trinajstić information content (AvgIpc) is 2.85. The Morgan fingerprint density at radius 1 is 1.15 bits per heavy atom. The zero-order valence-electron chi connectivity index (χ0n) is 11.0. The lowest BCUT2D eigenvalue weighted by atomic mass is 10.2. The third-order valence-electron chi connectivity index (χ3n) is 2.66. The van der Waals surface area contributed by atoms with Gasteiger partial charge in [0.25, 0.3) is 11.8 Å². The summed E-state index contributed by atoms with van der Waals surface area (Å²) in [6.07, 6.45) is 1.43. The molecule has 0 radical (unpaired) electrons. The van der Waals surface area contributed by atoms with Crippen LogP contribution in [0.4, 0.5) is 5.69 Å². The first kappa shape index (κ1) is 14.3. The molecule has 0 bridgehead atoms. The number of hydrogen-bond acceptors (Lipinski definition) is 3. The van der Waals surface area contributed by atoms with Crippen LogP contribution >= 0.6 is 15.9 Å². The van der Waals surface area contributed by atoms with Crippen LogP contribution in [0.5, 0.6) is 0 Å². The van der Waals surface area contributed by atoms with E-state index in [-0.39, 0.29) is 11.8 Å². The van der Waals surface area contributed by atoms with Gasteiger partial charge in [0, 0.05) is 25.3 Å². The van der Waals surface area contributed by atoms with E-state index in [1.165, 1.54) is 11.2 Å². The van der Waals surface area contributed by atoms with Gasteiger partial charge in [-0.05, 0) is 46.3 Å². The van der Waals surface area contributed by atoms with E-state index in [0.29, 0.717) is 21.5 Å². The second kappa shape index (κ2) is 5.92. The number of benzene rings is 1. The van der Waals surface area contributed by atoms with Crippen molar-refractivity contribution in [1.29, 1.82) is 0 Å². The molecule has 0 spiro atoms. The van der Waals surface area contributed by atoms with Gasteiger partial charge in [-0.2, -0.15) is 0 Å². The monoisotopic (exact) mass is 336 g/mol. The van der Waals surface area contributed by atoms with Crippen LogP contribution in [0.25, 0.3) is 0 Å². The molecule has 2 rings (SSSR count). The van der Waals surface area contributed by atoms with Crippen molar-refractivity contribution in [2.45, 2.75) is 0 Å². The summed E-state index contributed by atoms with van der Waals surface area (Å²) >= 11 is 3.15. The summed E-state index contributed by atoms with van der Waals surface area (Å²) in [7, 11) is 3.38. The number of carbonyl (C=O) groups is 2. The van der Waals surface area contributed by atoms with Crippen molar-refractivity contribution in [3.8, 4) is 0 Å². The molecule has 0 saturated carbocycles. The Bertz CT molecular complexity index is 632. The maximum Gasteiger partial charge on any atom is 0.260 e. The molecule has 0 unspecified atom stereocenters. The molecule has 0 aliphatic heterocycles. The van der Waals surface area contributed by atoms with Gasteiger partial charge in [-0.3, -0.25) is 9.59 Å². The SMILES string of the molecule is CN(C)C(=O)c1ccc(NC(=O)c2ccoc2Br)cc1. The van der Waals surface area contributed by atoms with Gasteiger partial charge in [-0.1, -0.05) is 0 Å². The number of anilines is 1. The van der Waals surface area contributed by atoms with Gasteiger partial charge >= 0.3 is 0 Å². The number of amides is 2. The molecule has 1 aromatic carbocycles. The zero-order valence-corrected chi connectivity index (χ0v) is 12.6. The highest BCUT2D eigenvalue weighted by Gasteiger charge is 2.13. The summed E-state index contributed by atoms with van der Waals surface area (Å²) in [6.45, 7) is 0. The highest BCUT2D eigenvalue weighted by Crippen LogP contribution is 2.19. The van der Waals surface area contributed by atoms with Gasteiger partial charge < -0.3 is 14.6 Å². The molecular formula is C14H13BrN2O3. The molecule has 5 nitrogen and oxygen atoms in total. The van der Waals surface area contributed by atoms with E-state index < -0.39 is 0 Å². The first-order valence-electron chi connectivity index (χ1n) is 5.85. The molecule has 0 fully saturated rings. The molecule has 0 saturated heterocycles. The van der Waals surface area contributed by atoms with Crippen molar-refractivity contribution >= 4 is 33.4 Å². The third-order valence-corrected chi connectivity index (χ3v) is 3.27. The second-order valence-electron chi connectivity index (χ2n) is 4.34. The van der Waals surface area contributed by atoms with Crippen LogP contribution in [0.3, 0.4) is 0 Å². The summed E-state index contributed by atoms with van der Waals surface area (Å²) in [6, 6.07) is 8.28. The largest absolute Gasteiger partial charge is 0.457 e. The van der Waals surface area contributed by atoms with E-state index in [1.807, 2.05) is 0 Å². The fourth-order valence-corrected chi connectivity index (χ4v) is 2.03. The maximum absolute atomic E-state index is 11.9. The van der Waals surface area contributed by atoms with Crippen LogP contribution in [0.15, 0.2) is 45.7 Å². The van der Waals surface area contributed by atoms with Crippen LogP contribution in [0.1, 0.15) is 20.7 Å². The van der Waals surface area contributed by atoms with E-state index in [2.05, 4.69) is 21.2 Å². The molecule has 6 heteroatoms. The van der Waals surface area contributed by atoms with Crippen molar-refractivity contribution < 1.29 is 14.0 Å². The van der Waals surface area contributed by atoms with Gasteiger partial charge in [-0.15, -0.1) is 0 Å². The number of furan rings is 1. The lowest BCUT2D eigenvalue weighted by molar-refractivity contribution is 0.0827. The Kier molecular flexibility index (Phi) is 4.24. The number of nitrogens with one attached hydrogen (secondary N) is 1.